The van der Waals surface area contributed by atoms with Crippen molar-refractivity contribution in [3.63, 3.8) is 0 Å². The molecule has 0 saturated carbocycles. The molecule has 0 atom stereocenters. The first-order chi connectivity index (χ1) is 14.9. The third kappa shape index (κ3) is 5.06. The van der Waals surface area contributed by atoms with Gasteiger partial charge in [0.05, 0.1) is 11.4 Å². The van der Waals surface area contributed by atoms with E-state index in [1.807, 2.05) is 31.2 Å². The topological polar surface area (TPSA) is 59.8 Å². The molecule has 0 N–H and O–H groups in total. The van der Waals surface area contributed by atoms with Gasteiger partial charge in [-0.2, -0.15) is 0 Å². The van der Waals surface area contributed by atoms with E-state index in [0.717, 1.165) is 27.4 Å². The Morgan fingerprint density at radius 2 is 1.90 bits per heavy atom. The number of benzene rings is 2. The summed E-state index contributed by atoms with van der Waals surface area (Å²) in [6.07, 6.45) is 1.59. The van der Waals surface area contributed by atoms with Crippen LogP contribution in [0.4, 0.5) is 4.79 Å². The summed E-state index contributed by atoms with van der Waals surface area (Å²) in [7, 11) is 0. The van der Waals surface area contributed by atoms with Gasteiger partial charge in [0.15, 0.2) is 0 Å². The molecule has 0 aliphatic carbocycles. The number of thioether (sulfide) groups is 1. The van der Waals surface area contributed by atoms with Crippen LogP contribution in [0.1, 0.15) is 11.3 Å². The Kier molecular flexibility index (Phi) is 6.55. The molecule has 0 spiro atoms. The van der Waals surface area contributed by atoms with Crippen LogP contribution in [0.2, 0.25) is 5.02 Å². The van der Waals surface area contributed by atoms with Crippen molar-refractivity contribution in [2.45, 2.75) is 6.92 Å². The molecular weight excluding hydrogens is 502 g/mol. The highest BCUT2D eigenvalue weighted by Crippen LogP contribution is 2.34. The van der Waals surface area contributed by atoms with Crippen molar-refractivity contribution >= 4 is 56.5 Å². The monoisotopic (exact) mass is 517 g/mol. The van der Waals surface area contributed by atoms with Gasteiger partial charge in [0.1, 0.15) is 23.9 Å². The number of hydrogen-bond acceptors (Lipinski definition) is 5. The van der Waals surface area contributed by atoms with E-state index in [1.54, 1.807) is 36.4 Å². The Bertz CT molecular complexity index is 1170. The van der Waals surface area contributed by atoms with Gasteiger partial charge < -0.3 is 9.15 Å². The van der Waals surface area contributed by atoms with Gasteiger partial charge in [0.2, 0.25) is 0 Å². The standard InChI is InChI=1S/C23H17BrClNO4S/c1-14-2-8-18(19(24)12-14)20-9-7-17(30-20)13-21-22(27)26(23(28)31-21)10-11-29-16-5-3-15(25)4-6-16/h2-9,12-13H,10-11H2,1H3/b21-13-. The lowest BCUT2D eigenvalue weighted by molar-refractivity contribution is -0.123. The lowest BCUT2D eigenvalue weighted by Gasteiger charge is -2.13. The smallest absolute Gasteiger partial charge is 0.293 e. The summed E-state index contributed by atoms with van der Waals surface area (Å²) in [5.74, 6) is 1.44. The molecular formula is C23H17BrClNO4S. The molecule has 2 amide bonds. The fraction of sp³-hybridized carbons (Fsp3) is 0.130. The summed E-state index contributed by atoms with van der Waals surface area (Å²) in [5, 5.41) is 0.281. The molecule has 2 aromatic carbocycles. The van der Waals surface area contributed by atoms with Gasteiger partial charge >= 0.3 is 0 Å². The summed E-state index contributed by atoms with van der Waals surface area (Å²) >= 11 is 10.3. The minimum Gasteiger partial charge on any atom is -0.492 e. The summed E-state index contributed by atoms with van der Waals surface area (Å²) in [6.45, 7) is 2.36. The molecule has 0 radical (unpaired) electrons. The normalized spacial score (nSPS) is 15.2. The highest BCUT2D eigenvalue weighted by atomic mass is 79.9. The quantitative estimate of drug-likeness (QED) is 0.336. The molecule has 31 heavy (non-hydrogen) atoms. The summed E-state index contributed by atoms with van der Waals surface area (Å²) in [4.78, 5) is 26.5. The fourth-order valence-corrected chi connectivity index (χ4v) is 4.66. The molecule has 1 fully saturated rings. The second-order valence-electron chi connectivity index (χ2n) is 6.82. The summed E-state index contributed by atoms with van der Waals surface area (Å²) < 4.78 is 12.4. The fourth-order valence-electron chi connectivity index (χ4n) is 3.00. The minimum absolute atomic E-state index is 0.157. The number of rotatable bonds is 6. The van der Waals surface area contributed by atoms with Crippen molar-refractivity contribution in [1.29, 1.82) is 0 Å². The molecule has 1 aromatic heterocycles. The predicted octanol–water partition coefficient (Wildman–Crippen LogP) is 6.79. The predicted molar refractivity (Wildman–Crippen MR) is 126 cm³/mol. The van der Waals surface area contributed by atoms with Gasteiger partial charge in [-0.3, -0.25) is 14.5 Å². The minimum atomic E-state index is -0.357. The Labute approximate surface area is 197 Å². The number of halogens is 2. The van der Waals surface area contributed by atoms with Crippen molar-refractivity contribution < 1.29 is 18.7 Å². The maximum Gasteiger partial charge on any atom is 0.293 e. The molecule has 3 aromatic rings. The molecule has 1 aliphatic rings. The molecule has 158 valence electrons. The third-order valence-electron chi connectivity index (χ3n) is 4.56. The van der Waals surface area contributed by atoms with Gasteiger partial charge in [-0.15, -0.1) is 0 Å². The van der Waals surface area contributed by atoms with Crippen molar-refractivity contribution in [2.75, 3.05) is 13.2 Å². The molecule has 2 heterocycles. The number of hydrogen-bond donors (Lipinski definition) is 0. The summed E-state index contributed by atoms with van der Waals surface area (Å²) in [5.41, 5.74) is 2.05. The molecule has 0 unspecified atom stereocenters. The maximum atomic E-state index is 12.7. The van der Waals surface area contributed by atoms with Crippen molar-refractivity contribution in [3.8, 4) is 17.1 Å². The van der Waals surface area contributed by atoms with Crippen LogP contribution in [-0.4, -0.2) is 29.2 Å². The Morgan fingerprint density at radius 3 is 2.65 bits per heavy atom. The van der Waals surface area contributed by atoms with E-state index in [1.165, 1.54) is 4.90 Å². The zero-order chi connectivity index (χ0) is 22.0. The van der Waals surface area contributed by atoms with E-state index < -0.39 is 0 Å². The lowest BCUT2D eigenvalue weighted by Crippen LogP contribution is -2.32. The van der Waals surface area contributed by atoms with E-state index in [2.05, 4.69) is 15.9 Å². The Morgan fingerprint density at radius 1 is 1.13 bits per heavy atom. The second-order valence-corrected chi connectivity index (χ2v) is 9.11. The lowest BCUT2D eigenvalue weighted by atomic mass is 10.1. The molecule has 5 nitrogen and oxygen atoms in total. The van der Waals surface area contributed by atoms with Crippen LogP contribution in [0, 0.1) is 6.92 Å². The van der Waals surface area contributed by atoms with Crippen LogP contribution in [-0.2, 0) is 4.79 Å². The van der Waals surface area contributed by atoms with Crippen LogP contribution in [0.15, 0.2) is 68.4 Å². The first kappa shape index (κ1) is 21.7. The molecule has 8 heteroatoms. The highest BCUT2D eigenvalue weighted by Gasteiger charge is 2.35. The number of furan rings is 1. The van der Waals surface area contributed by atoms with Gasteiger partial charge in [-0.1, -0.05) is 33.6 Å². The second kappa shape index (κ2) is 9.34. The van der Waals surface area contributed by atoms with Gasteiger partial charge in [0, 0.05) is 21.1 Å². The van der Waals surface area contributed by atoms with Crippen molar-refractivity contribution in [2.24, 2.45) is 0 Å². The van der Waals surface area contributed by atoms with E-state index in [0.29, 0.717) is 27.2 Å². The first-order valence-corrected chi connectivity index (χ1v) is 11.4. The number of aryl methyl sites for hydroxylation is 1. The molecule has 4 rings (SSSR count). The molecule has 0 bridgehead atoms. The highest BCUT2D eigenvalue weighted by molar-refractivity contribution is 9.10. The average molecular weight is 519 g/mol. The maximum absolute atomic E-state index is 12.7. The van der Waals surface area contributed by atoms with Crippen LogP contribution >= 0.6 is 39.3 Å². The number of amides is 2. The average Bonchev–Trinajstić information content (AvgIpc) is 3.29. The van der Waals surface area contributed by atoms with E-state index in [4.69, 9.17) is 20.8 Å². The SMILES string of the molecule is Cc1ccc(-c2ccc(/C=C3\SC(=O)N(CCOc4ccc(Cl)cc4)C3=O)o2)c(Br)c1. The number of ether oxygens (including phenoxy) is 1. The van der Waals surface area contributed by atoms with E-state index in [9.17, 15) is 9.59 Å². The van der Waals surface area contributed by atoms with Crippen molar-refractivity contribution in [1.82, 2.24) is 4.90 Å². The molecule has 1 saturated heterocycles. The summed E-state index contributed by atoms with van der Waals surface area (Å²) in [6, 6.07) is 16.5. The van der Waals surface area contributed by atoms with Crippen molar-refractivity contribution in [3.05, 3.63) is 80.3 Å². The zero-order valence-corrected chi connectivity index (χ0v) is 19.6. The van der Waals surface area contributed by atoms with Crippen LogP contribution in [0.25, 0.3) is 17.4 Å². The van der Waals surface area contributed by atoms with Crippen LogP contribution in [0.3, 0.4) is 0 Å². The van der Waals surface area contributed by atoms with E-state index >= 15 is 0 Å². The van der Waals surface area contributed by atoms with Crippen LogP contribution in [0.5, 0.6) is 5.75 Å². The number of carbonyl (C=O) groups excluding carboxylic acids is 2. The van der Waals surface area contributed by atoms with E-state index in [-0.39, 0.29) is 24.3 Å². The van der Waals surface area contributed by atoms with Crippen LogP contribution < -0.4 is 4.74 Å². The molecule has 1 aliphatic heterocycles. The van der Waals surface area contributed by atoms with Gasteiger partial charge in [-0.25, -0.2) is 0 Å². The van der Waals surface area contributed by atoms with Gasteiger partial charge in [-0.05, 0) is 72.8 Å². The Balaban J connectivity index is 1.42. The number of carbonyl (C=O) groups is 2. The van der Waals surface area contributed by atoms with Gasteiger partial charge in [0.25, 0.3) is 11.1 Å². The largest absolute Gasteiger partial charge is 0.492 e. The first-order valence-electron chi connectivity index (χ1n) is 9.41. The Hall–Kier alpha value is -2.48. The number of imide groups is 1. The third-order valence-corrected chi connectivity index (χ3v) is 6.38. The number of nitrogens with zero attached hydrogens (tertiary/aromatic N) is 1. The zero-order valence-electron chi connectivity index (χ0n) is 16.4.